The molecule has 0 saturated heterocycles. The van der Waals surface area contributed by atoms with Crippen molar-refractivity contribution < 1.29 is 4.74 Å². The van der Waals surface area contributed by atoms with Crippen LogP contribution in [0.3, 0.4) is 0 Å². The molecule has 0 aromatic heterocycles. The van der Waals surface area contributed by atoms with Gasteiger partial charge < -0.3 is 4.74 Å². The molecule has 3 heteroatoms. The first-order chi connectivity index (χ1) is 7.17. The third-order valence-corrected chi connectivity index (χ3v) is 2.94. The highest BCUT2D eigenvalue weighted by Gasteiger charge is 2.37. The molecule has 1 aromatic carbocycles. The van der Waals surface area contributed by atoms with Crippen LogP contribution in [0.15, 0.2) is 30.3 Å². The third-order valence-electron chi connectivity index (χ3n) is 2.18. The molecule has 1 aromatic rings. The lowest BCUT2D eigenvalue weighted by Gasteiger charge is -2.10. The largest absolute Gasteiger partial charge is 0.489 e. The summed E-state index contributed by atoms with van der Waals surface area (Å²) >= 11 is 10.8. The zero-order chi connectivity index (χ0) is 10.7. The fourth-order valence-corrected chi connectivity index (χ4v) is 1.35. The Hall–Kier alpha value is -0.660. The minimum Gasteiger partial charge on any atom is -0.489 e. The highest BCUT2D eigenvalue weighted by atomic mass is 35.5. The molecule has 1 aliphatic carbocycles. The maximum Gasteiger partial charge on any atom is 0.126 e. The molecule has 0 spiro atoms. The number of hydrogen-bond acceptors (Lipinski definition) is 1. The van der Waals surface area contributed by atoms with Crippen molar-refractivity contribution >= 4 is 29.3 Å². The Morgan fingerprint density at radius 2 is 1.80 bits per heavy atom. The molecule has 3 rings (SSSR count). The van der Waals surface area contributed by atoms with E-state index in [1.165, 1.54) is 5.56 Å². The number of benzene rings is 1. The van der Waals surface area contributed by atoms with E-state index < -0.39 is 0 Å². The Morgan fingerprint density at radius 1 is 1.13 bits per heavy atom. The summed E-state index contributed by atoms with van der Waals surface area (Å²) in [6, 6.07) is 8.03. The molecule has 0 atom stereocenters. The average Bonchev–Trinajstić information content (AvgIpc) is 2.95. The van der Waals surface area contributed by atoms with Crippen molar-refractivity contribution in [1.82, 2.24) is 0 Å². The maximum atomic E-state index is 5.41. The van der Waals surface area contributed by atoms with Gasteiger partial charge in [-0.15, -0.1) is 23.2 Å². The fraction of sp³-hybridized carbons (Fsp3) is 0.333. The van der Waals surface area contributed by atoms with E-state index in [1.54, 1.807) is 0 Å². The molecule has 1 fully saturated rings. The zero-order valence-corrected chi connectivity index (χ0v) is 9.76. The van der Waals surface area contributed by atoms with Crippen LogP contribution in [0, 0.1) is 0 Å². The Labute approximate surface area is 99.6 Å². The van der Waals surface area contributed by atoms with Crippen LogP contribution >= 0.6 is 23.2 Å². The quantitative estimate of drug-likeness (QED) is 0.624. The second-order valence-corrected chi connectivity index (χ2v) is 5.25. The van der Waals surface area contributed by atoms with E-state index in [2.05, 4.69) is 6.08 Å². The van der Waals surface area contributed by atoms with Crippen molar-refractivity contribution in [1.29, 1.82) is 0 Å². The lowest BCUT2D eigenvalue weighted by atomic mass is 10.1. The van der Waals surface area contributed by atoms with Crippen molar-refractivity contribution in [2.24, 2.45) is 0 Å². The van der Waals surface area contributed by atoms with Crippen molar-refractivity contribution in [3.63, 3.8) is 0 Å². The van der Waals surface area contributed by atoms with Crippen LogP contribution in [0.1, 0.15) is 18.4 Å². The Bertz CT molecular complexity index is 366. The lowest BCUT2D eigenvalue weighted by Crippen LogP contribution is -1.98. The predicted octanol–water partition coefficient (Wildman–Crippen LogP) is 4.05. The Morgan fingerprint density at radius 3 is 2.40 bits per heavy atom. The molecule has 1 saturated carbocycles. The number of halogens is 2. The predicted molar refractivity (Wildman–Crippen MR) is 64.6 cm³/mol. The van der Waals surface area contributed by atoms with Crippen LogP contribution in [0.5, 0.6) is 5.75 Å². The van der Waals surface area contributed by atoms with E-state index >= 15 is 0 Å². The summed E-state index contributed by atoms with van der Waals surface area (Å²) in [4.78, 5) is 0. The molecule has 0 amide bonds. The monoisotopic (exact) mass is 242 g/mol. The normalized spacial score (nSPS) is 19.3. The van der Waals surface area contributed by atoms with Gasteiger partial charge in [-0.05, 0) is 25.0 Å². The van der Waals surface area contributed by atoms with Gasteiger partial charge in [-0.3, -0.25) is 0 Å². The van der Waals surface area contributed by atoms with Gasteiger partial charge in [0.2, 0.25) is 0 Å². The van der Waals surface area contributed by atoms with Gasteiger partial charge >= 0.3 is 0 Å². The molecule has 0 unspecified atom stereocenters. The SMILES string of the molecule is C1=Cc2ccccc2OC1.ClC1(Cl)CC1. The van der Waals surface area contributed by atoms with E-state index in [9.17, 15) is 0 Å². The third kappa shape index (κ3) is 3.44. The Balaban J connectivity index is 0.000000144. The first-order valence-corrected chi connectivity index (χ1v) is 5.69. The summed E-state index contributed by atoms with van der Waals surface area (Å²) in [5.41, 5.74) is 1.17. The summed E-state index contributed by atoms with van der Waals surface area (Å²) in [5, 5.41) is 0. The maximum absolute atomic E-state index is 5.41. The number of para-hydroxylation sites is 1. The molecular weight excluding hydrogens is 231 g/mol. The topological polar surface area (TPSA) is 9.23 Å². The number of fused-ring (bicyclic) bond motifs is 1. The molecule has 0 N–H and O–H groups in total. The van der Waals surface area contributed by atoms with Gasteiger partial charge in [-0.25, -0.2) is 0 Å². The van der Waals surface area contributed by atoms with E-state index in [-0.39, 0.29) is 4.33 Å². The van der Waals surface area contributed by atoms with Crippen molar-refractivity contribution in [2.45, 2.75) is 17.2 Å². The summed E-state index contributed by atoms with van der Waals surface area (Å²) in [5.74, 6) is 0.991. The minimum atomic E-state index is -0.306. The second-order valence-electron chi connectivity index (χ2n) is 3.61. The van der Waals surface area contributed by atoms with Gasteiger partial charge in [-0.2, -0.15) is 0 Å². The van der Waals surface area contributed by atoms with Gasteiger partial charge in [0.15, 0.2) is 0 Å². The van der Waals surface area contributed by atoms with Gasteiger partial charge in [0.05, 0.1) is 0 Å². The molecule has 1 nitrogen and oxygen atoms in total. The molecule has 80 valence electrons. The first kappa shape index (κ1) is 10.8. The van der Waals surface area contributed by atoms with Crippen LogP contribution in [-0.4, -0.2) is 10.9 Å². The molecule has 1 heterocycles. The lowest BCUT2D eigenvalue weighted by molar-refractivity contribution is 0.358. The van der Waals surface area contributed by atoms with Crippen molar-refractivity contribution in [3.05, 3.63) is 35.9 Å². The number of alkyl halides is 2. The van der Waals surface area contributed by atoms with Gasteiger partial charge in [-0.1, -0.05) is 24.3 Å². The highest BCUT2D eigenvalue weighted by molar-refractivity contribution is 6.50. The van der Waals surface area contributed by atoms with Gasteiger partial charge in [0.25, 0.3) is 0 Å². The van der Waals surface area contributed by atoms with Gasteiger partial charge in [0.1, 0.15) is 16.7 Å². The van der Waals surface area contributed by atoms with Crippen LogP contribution < -0.4 is 4.74 Å². The number of ether oxygens (including phenoxy) is 1. The van der Waals surface area contributed by atoms with E-state index in [1.807, 2.05) is 30.3 Å². The summed E-state index contributed by atoms with van der Waals surface area (Å²) in [7, 11) is 0. The highest BCUT2D eigenvalue weighted by Crippen LogP contribution is 2.46. The molecule has 1 aliphatic heterocycles. The van der Waals surface area contributed by atoms with Crippen LogP contribution in [0.4, 0.5) is 0 Å². The smallest absolute Gasteiger partial charge is 0.126 e. The Kier molecular flexibility index (Phi) is 3.22. The molecule has 0 bridgehead atoms. The van der Waals surface area contributed by atoms with Crippen LogP contribution in [0.2, 0.25) is 0 Å². The minimum absolute atomic E-state index is 0.306. The van der Waals surface area contributed by atoms with E-state index in [0.29, 0.717) is 6.61 Å². The summed E-state index contributed by atoms with van der Waals surface area (Å²) in [6.07, 6.45) is 6.06. The van der Waals surface area contributed by atoms with Crippen LogP contribution in [0.25, 0.3) is 6.08 Å². The van der Waals surface area contributed by atoms with Crippen molar-refractivity contribution in [2.75, 3.05) is 6.61 Å². The van der Waals surface area contributed by atoms with Crippen molar-refractivity contribution in [3.8, 4) is 5.75 Å². The number of hydrogen-bond donors (Lipinski definition) is 0. The average molecular weight is 243 g/mol. The molecule has 0 radical (unpaired) electrons. The molecule has 15 heavy (non-hydrogen) atoms. The standard InChI is InChI=1S/C9H8O.C3H4Cl2/c1-2-6-9-8(4-1)5-3-7-10-9;4-3(5)1-2-3/h1-6H,7H2;1-2H2. The van der Waals surface area contributed by atoms with E-state index in [0.717, 1.165) is 18.6 Å². The summed E-state index contributed by atoms with van der Waals surface area (Å²) < 4.78 is 5.03. The molecular formula is C12H12Cl2O. The van der Waals surface area contributed by atoms with Gasteiger partial charge in [0, 0.05) is 5.56 Å². The molecule has 2 aliphatic rings. The van der Waals surface area contributed by atoms with E-state index in [4.69, 9.17) is 27.9 Å². The number of rotatable bonds is 0. The fourth-order valence-electron chi connectivity index (χ4n) is 1.16. The zero-order valence-electron chi connectivity index (χ0n) is 8.25. The second kappa shape index (κ2) is 4.46. The first-order valence-electron chi connectivity index (χ1n) is 4.94. The summed E-state index contributed by atoms with van der Waals surface area (Å²) in [6.45, 7) is 0.705. The van der Waals surface area contributed by atoms with Crippen LogP contribution in [-0.2, 0) is 0 Å².